The number of nitrogens with one attached hydrogen (secondary N) is 2. The number of ether oxygens (including phenoxy) is 4. The predicted octanol–water partition coefficient (Wildman–Crippen LogP) is 2.21. The third-order valence-electron chi connectivity index (χ3n) is 5.84. The van der Waals surface area contributed by atoms with Crippen molar-refractivity contribution in [2.45, 2.75) is 38.3 Å². The first-order chi connectivity index (χ1) is 15.8. The van der Waals surface area contributed by atoms with E-state index < -0.39 is 0 Å². The molecule has 2 unspecified atom stereocenters. The molecule has 0 radical (unpaired) electrons. The molecule has 0 aromatic heterocycles. The summed E-state index contributed by atoms with van der Waals surface area (Å²) >= 11 is 0. The molecule has 2 heterocycles. The van der Waals surface area contributed by atoms with Gasteiger partial charge in [-0.2, -0.15) is 0 Å². The summed E-state index contributed by atoms with van der Waals surface area (Å²) in [5.74, 6) is 1.72. The van der Waals surface area contributed by atoms with Gasteiger partial charge in [0.15, 0.2) is 5.96 Å². The zero-order valence-electron chi connectivity index (χ0n) is 19.7. The summed E-state index contributed by atoms with van der Waals surface area (Å²) < 4.78 is 22.2. The second kappa shape index (κ2) is 14.3. The summed E-state index contributed by atoms with van der Waals surface area (Å²) in [4.78, 5) is 7.36. The first kappa shape index (κ1) is 24.8. The van der Waals surface area contributed by atoms with E-state index >= 15 is 0 Å². The maximum absolute atomic E-state index is 5.76. The first-order valence-corrected chi connectivity index (χ1v) is 12.0. The lowest BCUT2D eigenvalue weighted by molar-refractivity contribution is 0.0168. The fourth-order valence-electron chi connectivity index (χ4n) is 4.04. The normalized spacial score (nSPS) is 20.8. The lowest BCUT2D eigenvalue weighted by atomic mass is 10.0. The van der Waals surface area contributed by atoms with E-state index in [9.17, 15) is 0 Å². The third-order valence-corrected chi connectivity index (χ3v) is 5.84. The molecule has 8 heteroatoms. The highest BCUT2D eigenvalue weighted by Crippen LogP contribution is 2.24. The number of benzene rings is 1. The Bertz CT molecular complexity index is 658. The van der Waals surface area contributed by atoms with E-state index in [-0.39, 0.29) is 12.1 Å². The number of morpholine rings is 1. The van der Waals surface area contributed by atoms with Gasteiger partial charge < -0.3 is 29.6 Å². The molecule has 2 aliphatic rings. The van der Waals surface area contributed by atoms with Crippen LogP contribution in [0, 0.1) is 0 Å². The largest absolute Gasteiger partial charge is 0.497 e. The summed E-state index contributed by atoms with van der Waals surface area (Å²) in [6, 6.07) is 8.52. The summed E-state index contributed by atoms with van der Waals surface area (Å²) in [6.45, 7) is 10.1. The number of methoxy groups -OCH3 is 1. The molecule has 0 spiro atoms. The highest BCUT2D eigenvalue weighted by atomic mass is 16.5. The first-order valence-electron chi connectivity index (χ1n) is 12.0. The van der Waals surface area contributed by atoms with Crippen LogP contribution in [0.15, 0.2) is 29.3 Å². The molecular weight excluding hydrogens is 408 g/mol. The van der Waals surface area contributed by atoms with Crippen molar-refractivity contribution in [3.05, 3.63) is 29.8 Å². The monoisotopic (exact) mass is 448 g/mol. The van der Waals surface area contributed by atoms with Crippen molar-refractivity contribution in [1.82, 2.24) is 15.5 Å². The standard InChI is InChI=1S/C24H40N4O4/c1-3-25-24(26-11-5-14-31-19-22-6-4-15-32-22)27-18-23(28-12-16-30-17-13-28)20-7-9-21(29-2)10-8-20/h7-10,22-23H,3-6,11-19H2,1-2H3,(H2,25,26,27). The molecule has 8 nitrogen and oxygen atoms in total. The minimum Gasteiger partial charge on any atom is -0.497 e. The van der Waals surface area contributed by atoms with E-state index in [2.05, 4.69) is 34.6 Å². The minimum atomic E-state index is 0.204. The van der Waals surface area contributed by atoms with Gasteiger partial charge in [-0.05, 0) is 43.9 Å². The van der Waals surface area contributed by atoms with Crippen molar-refractivity contribution < 1.29 is 18.9 Å². The molecule has 1 aromatic carbocycles. The maximum atomic E-state index is 5.76. The van der Waals surface area contributed by atoms with Gasteiger partial charge in [-0.15, -0.1) is 0 Å². The van der Waals surface area contributed by atoms with E-state index in [0.717, 1.165) is 83.6 Å². The van der Waals surface area contributed by atoms with Gasteiger partial charge in [-0.3, -0.25) is 9.89 Å². The van der Waals surface area contributed by atoms with E-state index in [0.29, 0.717) is 13.2 Å². The maximum Gasteiger partial charge on any atom is 0.191 e. The van der Waals surface area contributed by atoms with Gasteiger partial charge in [-0.25, -0.2) is 0 Å². The highest BCUT2D eigenvalue weighted by Gasteiger charge is 2.22. The van der Waals surface area contributed by atoms with E-state index in [1.807, 2.05) is 12.1 Å². The number of nitrogens with zero attached hydrogens (tertiary/aromatic N) is 2. The lowest BCUT2D eigenvalue weighted by Crippen LogP contribution is -2.42. The van der Waals surface area contributed by atoms with Gasteiger partial charge in [0.25, 0.3) is 0 Å². The van der Waals surface area contributed by atoms with Crippen LogP contribution < -0.4 is 15.4 Å². The van der Waals surface area contributed by atoms with Crippen LogP contribution in [-0.4, -0.2) is 89.8 Å². The Hall–Kier alpha value is -1.87. The second-order valence-corrected chi connectivity index (χ2v) is 8.15. The molecule has 3 rings (SSSR count). The molecule has 0 bridgehead atoms. The van der Waals surface area contributed by atoms with Gasteiger partial charge in [0.05, 0.1) is 45.6 Å². The molecule has 32 heavy (non-hydrogen) atoms. The molecule has 2 atom stereocenters. The average molecular weight is 449 g/mol. The number of hydrogen-bond donors (Lipinski definition) is 2. The highest BCUT2D eigenvalue weighted by molar-refractivity contribution is 5.79. The van der Waals surface area contributed by atoms with Gasteiger partial charge in [0.2, 0.25) is 0 Å². The van der Waals surface area contributed by atoms with Crippen LogP contribution in [0.2, 0.25) is 0 Å². The van der Waals surface area contributed by atoms with Gasteiger partial charge >= 0.3 is 0 Å². The van der Waals surface area contributed by atoms with Crippen LogP contribution in [-0.2, 0) is 14.2 Å². The van der Waals surface area contributed by atoms with E-state index in [1.54, 1.807) is 7.11 Å². The summed E-state index contributed by atoms with van der Waals surface area (Å²) in [6.07, 6.45) is 3.49. The molecule has 0 saturated carbocycles. The zero-order valence-corrected chi connectivity index (χ0v) is 19.7. The van der Waals surface area contributed by atoms with Crippen LogP contribution in [0.3, 0.4) is 0 Å². The Morgan fingerprint density at radius 1 is 1.19 bits per heavy atom. The molecule has 2 saturated heterocycles. The zero-order chi connectivity index (χ0) is 22.4. The average Bonchev–Trinajstić information content (AvgIpc) is 3.36. The quantitative estimate of drug-likeness (QED) is 0.288. The Balaban J connectivity index is 1.51. The van der Waals surface area contributed by atoms with Crippen molar-refractivity contribution >= 4 is 5.96 Å². The van der Waals surface area contributed by atoms with Gasteiger partial charge in [-0.1, -0.05) is 12.1 Å². The van der Waals surface area contributed by atoms with Crippen LogP contribution in [0.4, 0.5) is 0 Å². The summed E-state index contributed by atoms with van der Waals surface area (Å²) in [7, 11) is 1.70. The van der Waals surface area contributed by atoms with E-state index in [4.69, 9.17) is 23.9 Å². The molecule has 0 aliphatic carbocycles. The number of aliphatic imine (C=N–C) groups is 1. The molecule has 0 amide bonds. The van der Waals surface area contributed by atoms with Crippen molar-refractivity contribution in [1.29, 1.82) is 0 Å². The molecule has 2 aliphatic heterocycles. The number of guanidine groups is 1. The molecule has 180 valence electrons. The van der Waals surface area contributed by atoms with E-state index in [1.165, 1.54) is 5.56 Å². The fraction of sp³-hybridized carbons (Fsp3) is 0.708. The number of rotatable bonds is 12. The topological polar surface area (TPSA) is 76.6 Å². The van der Waals surface area contributed by atoms with Crippen molar-refractivity contribution in [3.8, 4) is 5.75 Å². The van der Waals surface area contributed by atoms with Crippen LogP contribution >= 0.6 is 0 Å². The molecule has 2 fully saturated rings. The van der Waals surface area contributed by atoms with Gasteiger partial charge in [0.1, 0.15) is 5.75 Å². The Morgan fingerprint density at radius 2 is 2.00 bits per heavy atom. The molecule has 1 aromatic rings. The third kappa shape index (κ3) is 8.24. The predicted molar refractivity (Wildman–Crippen MR) is 127 cm³/mol. The van der Waals surface area contributed by atoms with Crippen LogP contribution in [0.25, 0.3) is 0 Å². The minimum absolute atomic E-state index is 0.204. The lowest BCUT2D eigenvalue weighted by Gasteiger charge is -2.34. The van der Waals surface area contributed by atoms with Crippen molar-refractivity contribution in [2.24, 2.45) is 4.99 Å². The SMILES string of the molecule is CCNC(=NCC(c1ccc(OC)cc1)N1CCOCC1)NCCCOCC1CCCO1. The van der Waals surface area contributed by atoms with Crippen LogP contribution in [0.1, 0.15) is 37.8 Å². The molecule has 2 N–H and O–H groups in total. The fourth-order valence-corrected chi connectivity index (χ4v) is 4.04. The Morgan fingerprint density at radius 3 is 2.69 bits per heavy atom. The van der Waals surface area contributed by atoms with Gasteiger partial charge in [0, 0.05) is 39.4 Å². The summed E-state index contributed by atoms with van der Waals surface area (Å²) in [5, 5.41) is 6.80. The van der Waals surface area contributed by atoms with Crippen LogP contribution in [0.5, 0.6) is 5.75 Å². The number of hydrogen-bond acceptors (Lipinski definition) is 6. The molecular formula is C24H40N4O4. The van der Waals surface area contributed by atoms with Crippen molar-refractivity contribution in [2.75, 3.05) is 72.9 Å². The Kier molecular flexibility index (Phi) is 11.1. The second-order valence-electron chi connectivity index (χ2n) is 8.15. The Labute approximate surface area is 192 Å². The summed E-state index contributed by atoms with van der Waals surface area (Å²) in [5.41, 5.74) is 1.25. The smallest absolute Gasteiger partial charge is 0.191 e. The van der Waals surface area contributed by atoms with Crippen molar-refractivity contribution in [3.63, 3.8) is 0 Å².